The Balaban J connectivity index is 0.00000144. The SMILES string of the molecule is CN(C)c1cccc2c1C=CCC2=S(=O)=O.Cl. The molecule has 0 aromatic heterocycles. The number of allylic oxidation sites excluding steroid dienone is 1. The average molecular weight is 272 g/mol. The lowest BCUT2D eigenvalue weighted by molar-refractivity contribution is 0.627. The monoisotopic (exact) mass is 271 g/mol. The Morgan fingerprint density at radius 3 is 2.53 bits per heavy atom. The third kappa shape index (κ3) is 2.53. The third-order valence-electron chi connectivity index (χ3n) is 2.65. The van der Waals surface area contributed by atoms with Crippen molar-refractivity contribution in [3.63, 3.8) is 0 Å². The van der Waals surface area contributed by atoms with Gasteiger partial charge in [-0.05, 0) is 6.07 Å². The van der Waals surface area contributed by atoms with Crippen LogP contribution in [0.2, 0.25) is 0 Å². The Morgan fingerprint density at radius 1 is 1.24 bits per heavy atom. The Bertz CT molecular complexity index is 581. The lowest BCUT2D eigenvalue weighted by Crippen LogP contribution is -2.14. The van der Waals surface area contributed by atoms with Gasteiger partial charge in [-0.3, -0.25) is 0 Å². The second-order valence-corrected chi connectivity index (χ2v) is 4.86. The molecular weight excluding hydrogens is 258 g/mol. The van der Waals surface area contributed by atoms with Crippen LogP contribution in [0.1, 0.15) is 17.5 Å². The molecule has 0 fully saturated rings. The zero-order chi connectivity index (χ0) is 11.7. The fourth-order valence-electron chi connectivity index (χ4n) is 1.91. The summed E-state index contributed by atoms with van der Waals surface area (Å²) < 4.78 is 22.2. The number of halogens is 1. The number of hydrogen-bond donors (Lipinski definition) is 0. The van der Waals surface area contributed by atoms with Gasteiger partial charge < -0.3 is 4.90 Å². The Kier molecular flexibility index (Phi) is 4.37. The van der Waals surface area contributed by atoms with Crippen LogP contribution in [0.15, 0.2) is 24.3 Å². The number of rotatable bonds is 1. The molecule has 0 amide bonds. The normalized spacial score (nSPS) is 12.7. The van der Waals surface area contributed by atoms with Gasteiger partial charge in [-0.25, -0.2) is 0 Å². The van der Waals surface area contributed by atoms with E-state index in [9.17, 15) is 8.42 Å². The summed E-state index contributed by atoms with van der Waals surface area (Å²) in [5, 5.41) is 0. The summed E-state index contributed by atoms with van der Waals surface area (Å²) >= 11 is 0. The molecule has 0 saturated heterocycles. The zero-order valence-corrected chi connectivity index (χ0v) is 11.3. The van der Waals surface area contributed by atoms with Crippen molar-refractivity contribution in [3.05, 3.63) is 35.4 Å². The van der Waals surface area contributed by atoms with Gasteiger partial charge in [-0.2, -0.15) is 8.42 Å². The fraction of sp³-hybridized carbons (Fsp3) is 0.250. The maximum atomic E-state index is 11.1. The van der Waals surface area contributed by atoms with Crippen molar-refractivity contribution in [2.75, 3.05) is 19.0 Å². The van der Waals surface area contributed by atoms with Crippen LogP contribution in [-0.4, -0.2) is 27.4 Å². The summed E-state index contributed by atoms with van der Waals surface area (Å²) in [6.45, 7) is 0. The highest BCUT2D eigenvalue weighted by Gasteiger charge is 2.16. The van der Waals surface area contributed by atoms with E-state index in [0.29, 0.717) is 11.3 Å². The Hall–Kier alpha value is -1.26. The molecule has 0 aliphatic heterocycles. The maximum absolute atomic E-state index is 11.1. The van der Waals surface area contributed by atoms with Crippen LogP contribution >= 0.6 is 12.4 Å². The van der Waals surface area contributed by atoms with Gasteiger partial charge in [0.2, 0.25) is 10.3 Å². The van der Waals surface area contributed by atoms with Gasteiger partial charge in [-0.15, -0.1) is 12.4 Å². The van der Waals surface area contributed by atoms with Crippen molar-refractivity contribution < 1.29 is 8.42 Å². The third-order valence-corrected chi connectivity index (χ3v) is 3.44. The van der Waals surface area contributed by atoms with Crippen LogP contribution in [0.25, 0.3) is 6.08 Å². The smallest absolute Gasteiger partial charge is 0.218 e. The molecule has 0 N–H and O–H groups in total. The average Bonchev–Trinajstić information content (AvgIpc) is 2.27. The van der Waals surface area contributed by atoms with E-state index < -0.39 is 10.3 Å². The molecule has 0 saturated carbocycles. The lowest BCUT2D eigenvalue weighted by atomic mass is 9.95. The number of fused-ring (bicyclic) bond motifs is 1. The first-order valence-electron chi connectivity index (χ1n) is 5.03. The minimum absolute atomic E-state index is 0. The molecule has 1 aliphatic rings. The molecule has 1 aliphatic carbocycles. The molecule has 0 radical (unpaired) electrons. The predicted octanol–water partition coefficient (Wildman–Crippen LogP) is 1.99. The Labute approximate surface area is 109 Å². The van der Waals surface area contributed by atoms with Gasteiger partial charge in [0.25, 0.3) is 0 Å². The number of nitrogens with zero attached hydrogens (tertiary/aromatic N) is 1. The molecule has 0 spiro atoms. The van der Waals surface area contributed by atoms with Gasteiger partial charge >= 0.3 is 0 Å². The summed E-state index contributed by atoms with van der Waals surface area (Å²) in [5.74, 6) is 0. The molecule has 17 heavy (non-hydrogen) atoms. The van der Waals surface area contributed by atoms with E-state index in [4.69, 9.17) is 0 Å². The van der Waals surface area contributed by atoms with Crippen LogP contribution in [-0.2, 0) is 10.3 Å². The van der Waals surface area contributed by atoms with Crippen LogP contribution < -0.4 is 4.90 Å². The summed E-state index contributed by atoms with van der Waals surface area (Å²) in [7, 11) is 1.76. The first-order valence-corrected chi connectivity index (χ1v) is 6.11. The van der Waals surface area contributed by atoms with Crippen molar-refractivity contribution in [3.8, 4) is 0 Å². The molecule has 5 heteroatoms. The van der Waals surface area contributed by atoms with Gasteiger partial charge in [0, 0.05) is 37.3 Å². The van der Waals surface area contributed by atoms with Gasteiger partial charge in [0.1, 0.15) is 0 Å². The highest BCUT2D eigenvalue weighted by atomic mass is 35.5. The van der Waals surface area contributed by atoms with Gasteiger partial charge in [0.15, 0.2) is 0 Å². The minimum Gasteiger partial charge on any atom is -0.377 e. The van der Waals surface area contributed by atoms with Crippen molar-refractivity contribution >= 4 is 39.3 Å². The largest absolute Gasteiger partial charge is 0.377 e. The first-order chi connectivity index (χ1) is 7.61. The second-order valence-electron chi connectivity index (χ2n) is 3.90. The van der Waals surface area contributed by atoms with Crippen LogP contribution in [0.3, 0.4) is 0 Å². The van der Waals surface area contributed by atoms with Gasteiger partial charge in [-0.1, -0.05) is 24.3 Å². The molecule has 92 valence electrons. The number of anilines is 1. The molecule has 0 heterocycles. The highest BCUT2D eigenvalue weighted by Crippen LogP contribution is 2.28. The molecule has 3 nitrogen and oxygen atoms in total. The molecule has 2 rings (SSSR count). The van der Waals surface area contributed by atoms with Crippen LogP contribution in [0, 0.1) is 0 Å². The Morgan fingerprint density at radius 2 is 1.94 bits per heavy atom. The quantitative estimate of drug-likeness (QED) is 0.733. The fourth-order valence-corrected chi connectivity index (χ4v) is 2.50. The van der Waals surface area contributed by atoms with E-state index in [1.165, 1.54) is 0 Å². The van der Waals surface area contributed by atoms with E-state index in [1.54, 1.807) is 0 Å². The summed E-state index contributed by atoms with van der Waals surface area (Å²) in [6, 6.07) is 5.73. The lowest BCUT2D eigenvalue weighted by Gasteiger charge is -2.20. The van der Waals surface area contributed by atoms with E-state index in [1.807, 2.05) is 49.3 Å². The summed E-state index contributed by atoms with van der Waals surface area (Å²) in [4.78, 5) is 2.46. The van der Waals surface area contributed by atoms with E-state index in [2.05, 4.69) is 0 Å². The van der Waals surface area contributed by atoms with Crippen molar-refractivity contribution in [1.82, 2.24) is 0 Å². The molecule has 1 aromatic carbocycles. The molecule has 0 bridgehead atoms. The maximum Gasteiger partial charge on any atom is 0.218 e. The number of benzene rings is 1. The summed E-state index contributed by atoms with van der Waals surface area (Å²) in [5.41, 5.74) is 2.84. The van der Waals surface area contributed by atoms with E-state index in [0.717, 1.165) is 16.8 Å². The standard InChI is InChI=1S/C12H13NO2S.ClH/c1-13(2)11-7-3-6-10-9(11)5-4-8-12(10)16(14)15;/h3-7H,8H2,1-2H3;1H. The van der Waals surface area contributed by atoms with Crippen molar-refractivity contribution in [2.24, 2.45) is 0 Å². The van der Waals surface area contributed by atoms with Crippen LogP contribution in [0.5, 0.6) is 0 Å². The highest BCUT2D eigenvalue weighted by molar-refractivity contribution is 7.73. The summed E-state index contributed by atoms with van der Waals surface area (Å²) in [6.07, 6.45) is 4.36. The zero-order valence-electron chi connectivity index (χ0n) is 9.67. The minimum atomic E-state index is -2.14. The molecule has 0 unspecified atom stereocenters. The first kappa shape index (κ1) is 13.8. The second kappa shape index (κ2) is 5.38. The number of hydrogen-bond acceptors (Lipinski definition) is 3. The topological polar surface area (TPSA) is 37.4 Å². The van der Waals surface area contributed by atoms with E-state index in [-0.39, 0.29) is 12.4 Å². The molecule has 1 aromatic rings. The van der Waals surface area contributed by atoms with Gasteiger partial charge in [0.05, 0.1) is 4.86 Å². The molecular formula is C12H14ClNO2S. The van der Waals surface area contributed by atoms with Crippen molar-refractivity contribution in [1.29, 1.82) is 0 Å². The van der Waals surface area contributed by atoms with Crippen LogP contribution in [0.4, 0.5) is 5.69 Å². The van der Waals surface area contributed by atoms with E-state index >= 15 is 0 Å². The van der Waals surface area contributed by atoms with Crippen molar-refractivity contribution in [2.45, 2.75) is 6.42 Å². The molecule has 0 atom stereocenters. The predicted molar refractivity (Wildman–Crippen MR) is 74.7 cm³/mol.